The number of carboxylic acid groups (broad SMARTS) is 3. The van der Waals surface area contributed by atoms with E-state index in [4.69, 9.17) is 15.3 Å². The monoisotopic (exact) mass is 308 g/mol. The van der Waals surface area contributed by atoms with Crippen LogP contribution in [0.5, 0.6) is 0 Å². The molecular formula is C9H16CaO9. The van der Waals surface area contributed by atoms with Crippen molar-refractivity contribution in [3.05, 3.63) is 0 Å². The maximum Gasteiger partial charge on any atom is 2.00 e. The minimum atomic E-state index is -1.44. The predicted molar refractivity (Wildman–Crippen MR) is 56.9 cm³/mol. The summed E-state index contributed by atoms with van der Waals surface area (Å²) in [6.07, 6.45) is -4.03. The zero-order valence-corrected chi connectivity index (χ0v) is 12.9. The van der Waals surface area contributed by atoms with E-state index >= 15 is 0 Å². The Kier molecular flexibility index (Phi) is 22.2. The van der Waals surface area contributed by atoms with E-state index in [9.17, 15) is 29.7 Å². The quantitative estimate of drug-likeness (QED) is 0.427. The first kappa shape index (κ1) is 27.0. The van der Waals surface area contributed by atoms with Crippen molar-refractivity contribution in [2.75, 3.05) is 0 Å². The number of rotatable bonds is 3. The first-order chi connectivity index (χ1) is 7.93. The number of aliphatic carboxylic acids is 3. The summed E-state index contributed by atoms with van der Waals surface area (Å²) in [7, 11) is 0. The Morgan fingerprint density at radius 2 is 0.789 bits per heavy atom. The average Bonchev–Trinajstić information content (AvgIpc) is 2.18. The van der Waals surface area contributed by atoms with Crippen molar-refractivity contribution in [3.8, 4) is 0 Å². The van der Waals surface area contributed by atoms with Gasteiger partial charge in [-0.2, -0.15) is 0 Å². The van der Waals surface area contributed by atoms with Gasteiger partial charge in [0.15, 0.2) is 0 Å². The summed E-state index contributed by atoms with van der Waals surface area (Å²) >= 11 is 0. The molecule has 0 amide bonds. The van der Waals surface area contributed by atoms with Crippen molar-refractivity contribution in [1.82, 2.24) is 0 Å². The molecule has 10 heteroatoms. The summed E-state index contributed by atoms with van der Waals surface area (Å²) in [6.45, 7) is 3.40. The molecule has 0 saturated carbocycles. The third-order valence-corrected chi connectivity index (χ3v) is 1.02. The Labute approximate surface area is 141 Å². The number of carbonyl (C=O) groups is 3. The van der Waals surface area contributed by atoms with E-state index in [-0.39, 0.29) is 39.2 Å². The smallest absolute Gasteiger partial charge is 0.547 e. The normalized spacial score (nSPS) is 12.9. The summed E-state index contributed by atoms with van der Waals surface area (Å²) in [5.74, 6) is -4.31. The first-order valence-corrected chi connectivity index (χ1v) is 4.60. The van der Waals surface area contributed by atoms with E-state index in [0.717, 1.165) is 20.8 Å². The summed E-state index contributed by atoms with van der Waals surface area (Å²) in [5.41, 5.74) is 0. The average molecular weight is 308 g/mol. The molecule has 19 heavy (non-hydrogen) atoms. The zero-order chi connectivity index (χ0) is 15.5. The molecule has 3 atom stereocenters. The van der Waals surface area contributed by atoms with Gasteiger partial charge in [0.1, 0.15) is 0 Å². The number of aliphatic hydroxyl groups is 3. The summed E-state index contributed by atoms with van der Waals surface area (Å²) in [4.78, 5) is 28.0. The third-order valence-electron chi connectivity index (χ3n) is 1.02. The van der Waals surface area contributed by atoms with Crippen molar-refractivity contribution in [2.24, 2.45) is 0 Å². The molecule has 0 fully saturated rings. The van der Waals surface area contributed by atoms with Crippen molar-refractivity contribution < 1.29 is 46.4 Å². The number of aliphatic hydroxyl groups excluding tert-OH is 3. The van der Waals surface area contributed by atoms with E-state index < -0.39 is 36.2 Å². The first-order valence-electron chi connectivity index (χ1n) is 4.60. The summed E-state index contributed by atoms with van der Waals surface area (Å²) in [6, 6.07) is 0. The van der Waals surface area contributed by atoms with Crippen LogP contribution in [-0.4, -0.2) is 89.3 Å². The maximum absolute atomic E-state index is 9.34. The Morgan fingerprint density at radius 3 is 0.789 bits per heavy atom. The number of hydrogen-bond donors (Lipinski definition) is 3. The van der Waals surface area contributed by atoms with Crippen LogP contribution in [0.4, 0.5) is 0 Å². The number of carbonyl (C=O) groups excluding carboxylic acids is 3. The molecule has 9 nitrogen and oxygen atoms in total. The van der Waals surface area contributed by atoms with Gasteiger partial charge < -0.3 is 45.0 Å². The Bertz CT molecular complexity index is 225. The Morgan fingerprint density at radius 1 is 0.737 bits per heavy atom. The van der Waals surface area contributed by atoms with Gasteiger partial charge in [-0.05, 0) is 20.8 Å². The van der Waals surface area contributed by atoms with Gasteiger partial charge >= 0.3 is 39.2 Å². The molecule has 0 aromatic carbocycles. The van der Waals surface area contributed by atoms with E-state index in [1.54, 1.807) is 0 Å². The Balaban J connectivity index is -0.0000000536. The summed E-state index contributed by atoms with van der Waals surface area (Å²) in [5, 5.41) is 51.9. The predicted octanol–water partition coefficient (Wildman–Crippen LogP) is -5.92. The van der Waals surface area contributed by atoms with Gasteiger partial charge in [0.2, 0.25) is 0 Å². The molecular weight excluding hydrogens is 292 g/mol. The second-order valence-corrected chi connectivity index (χ2v) is 2.99. The molecule has 0 aromatic rings. The van der Waals surface area contributed by atoms with Crippen molar-refractivity contribution in [2.45, 2.75) is 39.1 Å². The number of hydrogen-bond acceptors (Lipinski definition) is 9. The molecule has 3 N–H and O–H groups in total. The molecule has 0 bridgehead atoms. The van der Waals surface area contributed by atoms with E-state index in [1.165, 1.54) is 0 Å². The van der Waals surface area contributed by atoms with Crippen LogP contribution in [-0.2, 0) is 14.4 Å². The fraction of sp³-hybridized carbons (Fsp3) is 0.667. The largest absolute Gasteiger partial charge is 2.00 e. The van der Waals surface area contributed by atoms with Gasteiger partial charge in [-0.1, -0.05) is 0 Å². The van der Waals surface area contributed by atoms with Crippen molar-refractivity contribution in [1.29, 1.82) is 0 Å². The third kappa shape index (κ3) is 31.8. The van der Waals surface area contributed by atoms with Crippen LogP contribution in [0, 0.1) is 0 Å². The second-order valence-electron chi connectivity index (χ2n) is 2.99. The fourth-order valence-corrected chi connectivity index (χ4v) is 0. The van der Waals surface area contributed by atoms with Crippen LogP contribution in [0.3, 0.4) is 0 Å². The van der Waals surface area contributed by atoms with E-state index in [2.05, 4.69) is 0 Å². The molecule has 108 valence electrons. The zero-order valence-electron chi connectivity index (χ0n) is 11.7. The van der Waals surface area contributed by atoms with Crippen LogP contribution in [0.2, 0.25) is 0 Å². The van der Waals surface area contributed by atoms with Gasteiger partial charge in [-0.15, -0.1) is 0 Å². The topological polar surface area (TPSA) is 181 Å². The van der Waals surface area contributed by atoms with Gasteiger partial charge in [0.05, 0.1) is 36.2 Å². The molecule has 0 aromatic heterocycles. The molecule has 0 heterocycles. The van der Waals surface area contributed by atoms with Crippen LogP contribution in [0.1, 0.15) is 22.2 Å². The fourth-order valence-electron chi connectivity index (χ4n) is 0. The maximum atomic E-state index is 9.34. The van der Waals surface area contributed by atoms with Crippen molar-refractivity contribution >= 4 is 55.6 Å². The SMILES string of the molecule is CC(O)C(=O)[O-].CC(O)C(=O)[O-].CC(O)C(=O)[O-].[Ca+2].[H+]. The van der Waals surface area contributed by atoms with Gasteiger partial charge in [-0.3, -0.25) is 0 Å². The molecule has 0 aliphatic heterocycles. The molecule has 0 aliphatic rings. The van der Waals surface area contributed by atoms with Gasteiger partial charge in [0.25, 0.3) is 0 Å². The number of carboxylic acids is 3. The molecule has 0 saturated heterocycles. The van der Waals surface area contributed by atoms with Gasteiger partial charge in [0, 0.05) is 0 Å². The molecule has 0 spiro atoms. The minimum absolute atomic E-state index is 0. The standard InChI is InChI=1S/3C3H6O3.Ca/c3*1-2(4)3(5)6;/h3*2,4H,1H3,(H,5,6);/q;;;+2/p-2. The van der Waals surface area contributed by atoms with E-state index in [1.807, 2.05) is 0 Å². The van der Waals surface area contributed by atoms with Crippen LogP contribution in [0.25, 0.3) is 0 Å². The Hall–Kier alpha value is -0.450. The molecule has 0 aliphatic carbocycles. The molecule has 0 radical (unpaired) electrons. The van der Waals surface area contributed by atoms with Crippen LogP contribution in [0.15, 0.2) is 0 Å². The summed E-state index contributed by atoms with van der Waals surface area (Å²) < 4.78 is 0. The van der Waals surface area contributed by atoms with Gasteiger partial charge in [-0.25, -0.2) is 0 Å². The van der Waals surface area contributed by atoms with Crippen molar-refractivity contribution in [3.63, 3.8) is 0 Å². The second kappa shape index (κ2) is 15.6. The van der Waals surface area contributed by atoms with Crippen LogP contribution >= 0.6 is 0 Å². The van der Waals surface area contributed by atoms with Crippen LogP contribution < -0.4 is 15.3 Å². The minimum Gasteiger partial charge on any atom is -0.547 e. The van der Waals surface area contributed by atoms with E-state index in [0.29, 0.717) is 0 Å². The molecule has 0 rings (SSSR count). The molecule has 3 unspecified atom stereocenters.